The lowest BCUT2D eigenvalue weighted by molar-refractivity contribution is 0.669. The zero-order valence-electron chi connectivity index (χ0n) is 25.6. The highest BCUT2D eigenvalue weighted by Gasteiger charge is 2.20. The summed E-state index contributed by atoms with van der Waals surface area (Å²) >= 11 is 0. The summed E-state index contributed by atoms with van der Waals surface area (Å²) < 4.78 is 6.50. The van der Waals surface area contributed by atoms with Gasteiger partial charge in [-0.3, -0.25) is 0 Å². The lowest BCUT2D eigenvalue weighted by Gasteiger charge is -2.20. The highest BCUT2D eigenvalue weighted by Crippen LogP contribution is 2.47. The molecular formula is C46H28O. The molecule has 10 aromatic rings. The average Bonchev–Trinajstić information content (AvgIpc) is 3.52. The zero-order chi connectivity index (χ0) is 30.9. The standard InChI is InChI=1S/C46H28O/c1-2-14-29(15-3-1)44-35-20-8-10-22-37(35)45(38-23-11-9-21-36(38)44)41-27-31(26-30-16-4-5-17-32(30)41)40-28-43-46(34-19-7-6-18-33(34)40)39-24-12-13-25-42(39)47-43/h1-28H. The molecule has 0 bridgehead atoms. The van der Waals surface area contributed by atoms with Crippen LogP contribution in [0, 0.1) is 0 Å². The Labute approximate surface area is 271 Å². The first-order valence-electron chi connectivity index (χ1n) is 16.2. The van der Waals surface area contributed by atoms with Crippen LogP contribution in [0.2, 0.25) is 0 Å². The largest absolute Gasteiger partial charge is 0.456 e. The minimum absolute atomic E-state index is 0.915. The van der Waals surface area contributed by atoms with Gasteiger partial charge < -0.3 is 4.42 Å². The van der Waals surface area contributed by atoms with Crippen molar-refractivity contribution in [2.75, 3.05) is 0 Å². The normalized spacial score (nSPS) is 11.8. The first kappa shape index (κ1) is 26.1. The number of hydrogen-bond donors (Lipinski definition) is 0. The van der Waals surface area contributed by atoms with E-state index in [4.69, 9.17) is 4.42 Å². The molecule has 0 N–H and O–H groups in total. The van der Waals surface area contributed by atoms with Crippen LogP contribution in [-0.2, 0) is 0 Å². The molecule has 0 aliphatic carbocycles. The summed E-state index contributed by atoms with van der Waals surface area (Å²) in [6.45, 7) is 0. The summed E-state index contributed by atoms with van der Waals surface area (Å²) in [5, 5.41) is 12.3. The Morgan fingerprint density at radius 3 is 1.53 bits per heavy atom. The summed E-state index contributed by atoms with van der Waals surface area (Å²) in [7, 11) is 0. The molecule has 0 unspecified atom stereocenters. The van der Waals surface area contributed by atoms with E-state index in [1.807, 2.05) is 6.07 Å². The molecule has 1 heteroatoms. The fourth-order valence-electron chi connectivity index (χ4n) is 7.83. The van der Waals surface area contributed by atoms with Crippen molar-refractivity contribution in [3.63, 3.8) is 0 Å². The van der Waals surface area contributed by atoms with Crippen molar-refractivity contribution in [3.8, 4) is 33.4 Å². The Morgan fingerprint density at radius 2 is 0.830 bits per heavy atom. The van der Waals surface area contributed by atoms with Gasteiger partial charge >= 0.3 is 0 Å². The van der Waals surface area contributed by atoms with Gasteiger partial charge in [-0.05, 0) is 101 Å². The lowest BCUT2D eigenvalue weighted by Crippen LogP contribution is -1.92. The van der Waals surface area contributed by atoms with Gasteiger partial charge in [-0.1, -0.05) is 146 Å². The second-order valence-corrected chi connectivity index (χ2v) is 12.4. The van der Waals surface area contributed by atoms with Crippen molar-refractivity contribution in [2.45, 2.75) is 0 Å². The van der Waals surface area contributed by atoms with Crippen LogP contribution in [0.15, 0.2) is 174 Å². The number of benzene rings is 9. The maximum Gasteiger partial charge on any atom is 0.136 e. The number of fused-ring (bicyclic) bond motifs is 8. The molecule has 0 spiro atoms. The van der Waals surface area contributed by atoms with Gasteiger partial charge in [-0.25, -0.2) is 0 Å². The molecule has 218 valence electrons. The van der Waals surface area contributed by atoms with E-state index in [-0.39, 0.29) is 0 Å². The van der Waals surface area contributed by atoms with Gasteiger partial charge in [0.05, 0.1) is 0 Å². The number of para-hydroxylation sites is 1. The van der Waals surface area contributed by atoms with Crippen LogP contribution >= 0.6 is 0 Å². The summed E-state index contributed by atoms with van der Waals surface area (Å²) in [6, 6.07) is 61.6. The molecule has 1 aromatic heterocycles. The van der Waals surface area contributed by atoms with Crippen LogP contribution in [-0.4, -0.2) is 0 Å². The Kier molecular flexibility index (Phi) is 5.64. The lowest BCUT2D eigenvalue weighted by atomic mass is 9.83. The summed E-state index contributed by atoms with van der Waals surface area (Å²) in [5.74, 6) is 0. The van der Waals surface area contributed by atoms with Gasteiger partial charge in [0.15, 0.2) is 0 Å². The van der Waals surface area contributed by atoms with Gasteiger partial charge in [0, 0.05) is 10.8 Å². The number of rotatable bonds is 3. The quantitative estimate of drug-likeness (QED) is 0.185. The molecule has 0 saturated heterocycles. The number of furan rings is 1. The molecule has 0 fully saturated rings. The zero-order valence-corrected chi connectivity index (χ0v) is 25.6. The third kappa shape index (κ3) is 3.90. The van der Waals surface area contributed by atoms with Crippen molar-refractivity contribution >= 4 is 65.0 Å². The van der Waals surface area contributed by atoms with Crippen molar-refractivity contribution in [1.82, 2.24) is 0 Å². The van der Waals surface area contributed by atoms with Gasteiger partial charge in [0.25, 0.3) is 0 Å². The predicted molar refractivity (Wildman–Crippen MR) is 200 cm³/mol. The topological polar surface area (TPSA) is 13.1 Å². The predicted octanol–water partition coefficient (Wildman–Crippen LogP) is 13.2. The van der Waals surface area contributed by atoms with Gasteiger partial charge in [0.2, 0.25) is 0 Å². The van der Waals surface area contributed by atoms with Crippen molar-refractivity contribution in [1.29, 1.82) is 0 Å². The van der Waals surface area contributed by atoms with Crippen LogP contribution in [0.5, 0.6) is 0 Å². The van der Waals surface area contributed by atoms with Crippen LogP contribution in [0.4, 0.5) is 0 Å². The smallest absolute Gasteiger partial charge is 0.136 e. The minimum atomic E-state index is 0.915. The molecule has 0 radical (unpaired) electrons. The first-order chi connectivity index (χ1) is 23.3. The molecule has 0 amide bonds. The molecule has 9 aromatic carbocycles. The van der Waals surface area contributed by atoms with Crippen LogP contribution < -0.4 is 0 Å². The van der Waals surface area contributed by atoms with Crippen LogP contribution in [0.1, 0.15) is 0 Å². The van der Waals surface area contributed by atoms with E-state index < -0.39 is 0 Å². The van der Waals surface area contributed by atoms with Crippen molar-refractivity contribution in [2.24, 2.45) is 0 Å². The summed E-state index contributed by atoms with van der Waals surface area (Å²) in [4.78, 5) is 0. The molecule has 0 aliphatic rings. The third-order valence-electron chi connectivity index (χ3n) is 9.82. The Hall–Kier alpha value is -6.18. The van der Waals surface area contributed by atoms with E-state index in [0.29, 0.717) is 0 Å². The van der Waals surface area contributed by atoms with Crippen LogP contribution in [0.3, 0.4) is 0 Å². The molecule has 0 aliphatic heterocycles. The molecule has 0 atom stereocenters. The van der Waals surface area contributed by atoms with Crippen molar-refractivity contribution < 1.29 is 4.42 Å². The van der Waals surface area contributed by atoms with E-state index in [9.17, 15) is 0 Å². The molecule has 1 heterocycles. The van der Waals surface area contributed by atoms with E-state index in [0.717, 1.165) is 16.6 Å². The van der Waals surface area contributed by atoms with Gasteiger partial charge in [-0.2, -0.15) is 0 Å². The summed E-state index contributed by atoms with van der Waals surface area (Å²) in [6.07, 6.45) is 0. The molecular weight excluding hydrogens is 569 g/mol. The molecule has 1 nitrogen and oxygen atoms in total. The summed E-state index contributed by atoms with van der Waals surface area (Å²) in [5.41, 5.74) is 9.20. The number of hydrogen-bond acceptors (Lipinski definition) is 1. The second kappa shape index (κ2) is 10.2. The highest BCUT2D eigenvalue weighted by atomic mass is 16.3. The maximum atomic E-state index is 6.50. The van der Waals surface area contributed by atoms with E-state index in [2.05, 4.69) is 164 Å². The molecule has 47 heavy (non-hydrogen) atoms. The van der Waals surface area contributed by atoms with Crippen LogP contribution in [0.25, 0.3) is 98.4 Å². The van der Waals surface area contributed by atoms with E-state index in [1.54, 1.807) is 0 Å². The Balaban J connectivity index is 1.34. The first-order valence-corrected chi connectivity index (χ1v) is 16.2. The fraction of sp³-hybridized carbons (Fsp3) is 0. The van der Waals surface area contributed by atoms with Gasteiger partial charge in [0.1, 0.15) is 11.2 Å². The minimum Gasteiger partial charge on any atom is -0.456 e. The van der Waals surface area contributed by atoms with Gasteiger partial charge in [-0.15, -0.1) is 0 Å². The highest BCUT2D eigenvalue weighted by molar-refractivity contribution is 6.25. The third-order valence-corrected chi connectivity index (χ3v) is 9.82. The van der Waals surface area contributed by atoms with E-state index in [1.165, 1.54) is 81.9 Å². The maximum absolute atomic E-state index is 6.50. The second-order valence-electron chi connectivity index (χ2n) is 12.4. The van der Waals surface area contributed by atoms with E-state index >= 15 is 0 Å². The Bertz CT molecular complexity index is 2780. The van der Waals surface area contributed by atoms with Crippen molar-refractivity contribution in [3.05, 3.63) is 170 Å². The monoisotopic (exact) mass is 596 g/mol. The average molecular weight is 597 g/mol. The molecule has 0 saturated carbocycles. The Morgan fingerprint density at radius 1 is 0.298 bits per heavy atom. The molecule has 10 rings (SSSR count). The SMILES string of the molecule is c1ccc(-c2c3ccccc3c(-c3cc(-c4cc5oc6ccccc6c5c5ccccc45)cc4ccccc34)c3ccccc23)cc1. The fourth-order valence-corrected chi connectivity index (χ4v) is 7.83.